The Morgan fingerprint density at radius 3 is 2.33 bits per heavy atom. The molecule has 1 aromatic carbocycles. The van der Waals surface area contributed by atoms with Crippen LogP contribution < -0.4 is 5.32 Å². The lowest BCUT2D eigenvalue weighted by molar-refractivity contribution is 0.163. The van der Waals surface area contributed by atoms with E-state index in [0.717, 1.165) is 25.3 Å². The highest BCUT2D eigenvalue weighted by atomic mass is 16.3. The predicted molar refractivity (Wildman–Crippen MR) is 73.5 cm³/mol. The Bertz CT molecular complexity index is 388. The first-order valence-electron chi connectivity index (χ1n) is 7.26. The zero-order valence-electron chi connectivity index (χ0n) is 11.0. The lowest BCUT2D eigenvalue weighted by Gasteiger charge is -2.28. The molecule has 2 N–H and O–H groups in total. The Morgan fingerprint density at radius 2 is 1.78 bits per heavy atom. The van der Waals surface area contributed by atoms with Crippen molar-refractivity contribution in [2.45, 2.75) is 56.5 Å². The number of hydrogen-bond donors (Lipinski definition) is 2. The van der Waals surface area contributed by atoms with Gasteiger partial charge in [-0.05, 0) is 42.7 Å². The normalized spacial score (nSPS) is 22.3. The van der Waals surface area contributed by atoms with E-state index in [-0.39, 0.29) is 12.1 Å². The van der Waals surface area contributed by atoms with Crippen molar-refractivity contribution in [3.05, 3.63) is 35.4 Å². The molecular weight excluding hydrogens is 222 g/mol. The lowest BCUT2D eigenvalue weighted by atomic mass is 9.98. The van der Waals surface area contributed by atoms with Crippen LogP contribution in [0.15, 0.2) is 24.3 Å². The van der Waals surface area contributed by atoms with E-state index in [0.29, 0.717) is 0 Å². The van der Waals surface area contributed by atoms with Gasteiger partial charge >= 0.3 is 0 Å². The Labute approximate surface area is 109 Å². The van der Waals surface area contributed by atoms with Crippen molar-refractivity contribution in [2.75, 3.05) is 6.61 Å². The number of benzene rings is 1. The molecule has 0 spiro atoms. The van der Waals surface area contributed by atoms with E-state index in [9.17, 15) is 5.11 Å². The standard InChI is InChI=1S/C16H23NO/c18-12-16(9-1-2-10-16)17-11-13-3-5-14(6-4-13)15-7-8-15/h3-6,15,17-18H,1-2,7-12H2. The molecule has 0 aromatic heterocycles. The fourth-order valence-electron chi connectivity index (χ4n) is 3.06. The maximum absolute atomic E-state index is 9.56. The van der Waals surface area contributed by atoms with Crippen LogP contribution in [-0.2, 0) is 6.54 Å². The third-order valence-electron chi connectivity index (χ3n) is 4.56. The molecule has 98 valence electrons. The SMILES string of the molecule is OCC1(NCc2ccc(C3CC3)cc2)CCCC1. The molecular formula is C16H23NO. The average molecular weight is 245 g/mol. The summed E-state index contributed by atoms with van der Waals surface area (Å²) in [7, 11) is 0. The quantitative estimate of drug-likeness (QED) is 0.836. The Kier molecular flexibility index (Phi) is 3.40. The van der Waals surface area contributed by atoms with E-state index in [1.165, 1.54) is 36.8 Å². The van der Waals surface area contributed by atoms with Crippen LogP contribution in [-0.4, -0.2) is 17.3 Å². The van der Waals surface area contributed by atoms with Gasteiger partial charge in [-0.25, -0.2) is 0 Å². The highest BCUT2D eigenvalue weighted by molar-refractivity contribution is 5.28. The second-order valence-electron chi connectivity index (χ2n) is 6.01. The molecule has 0 bridgehead atoms. The highest BCUT2D eigenvalue weighted by Gasteiger charge is 2.32. The first kappa shape index (κ1) is 12.2. The second-order valence-corrected chi connectivity index (χ2v) is 6.01. The van der Waals surface area contributed by atoms with Gasteiger partial charge in [-0.15, -0.1) is 0 Å². The summed E-state index contributed by atoms with van der Waals surface area (Å²) in [6.45, 7) is 1.15. The van der Waals surface area contributed by atoms with Crippen molar-refractivity contribution in [1.82, 2.24) is 5.32 Å². The maximum Gasteiger partial charge on any atom is 0.0613 e. The Morgan fingerprint density at radius 1 is 1.11 bits per heavy atom. The number of aliphatic hydroxyl groups excluding tert-OH is 1. The summed E-state index contributed by atoms with van der Waals surface area (Å²) in [5, 5.41) is 13.1. The van der Waals surface area contributed by atoms with E-state index in [4.69, 9.17) is 0 Å². The number of rotatable bonds is 5. The molecule has 2 nitrogen and oxygen atoms in total. The van der Waals surface area contributed by atoms with E-state index < -0.39 is 0 Å². The van der Waals surface area contributed by atoms with Crippen LogP contribution >= 0.6 is 0 Å². The molecule has 2 fully saturated rings. The minimum atomic E-state index is -0.00480. The van der Waals surface area contributed by atoms with Gasteiger partial charge in [0.15, 0.2) is 0 Å². The van der Waals surface area contributed by atoms with Gasteiger partial charge in [0.05, 0.1) is 6.61 Å². The van der Waals surface area contributed by atoms with E-state index in [1.807, 2.05) is 0 Å². The molecule has 0 amide bonds. The molecule has 0 radical (unpaired) electrons. The smallest absolute Gasteiger partial charge is 0.0613 e. The summed E-state index contributed by atoms with van der Waals surface area (Å²) in [6, 6.07) is 9.02. The fraction of sp³-hybridized carbons (Fsp3) is 0.625. The first-order valence-corrected chi connectivity index (χ1v) is 7.26. The minimum Gasteiger partial charge on any atom is -0.394 e. The Hall–Kier alpha value is -0.860. The van der Waals surface area contributed by atoms with Crippen LogP contribution in [0, 0.1) is 0 Å². The van der Waals surface area contributed by atoms with Crippen molar-refractivity contribution >= 4 is 0 Å². The second kappa shape index (κ2) is 5.02. The third-order valence-corrected chi connectivity index (χ3v) is 4.56. The van der Waals surface area contributed by atoms with Crippen molar-refractivity contribution in [3.63, 3.8) is 0 Å². The molecule has 2 heteroatoms. The molecule has 2 saturated carbocycles. The maximum atomic E-state index is 9.56. The molecule has 1 aromatic rings. The van der Waals surface area contributed by atoms with Crippen molar-refractivity contribution in [3.8, 4) is 0 Å². The zero-order valence-corrected chi connectivity index (χ0v) is 11.0. The number of hydrogen-bond acceptors (Lipinski definition) is 2. The topological polar surface area (TPSA) is 32.3 Å². The van der Waals surface area contributed by atoms with Gasteiger partial charge in [0, 0.05) is 12.1 Å². The number of aliphatic hydroxyl groups is 1. The van der Waals surface area contributed by atoms with E-state index in [2.05, 4.69) is 29.6 Å². The fourth-order valence-corrected chi connectivity index (χ4v) is 3.06. The first-order chi connectivity index (χ1) is 8.81. The van der Waals surface area contributed by atoms with E-state index >= 15 is 0 Å². The van der Waals surface area contributed by atoms with Gasteiger partial charge in [-0.1, -0.05) is 37.1 Å². The van der Waals surface area contributed by atoms with Crippen LogP contribution in [0.3, 0.4) is 0 Å². The van der Waals surface area contributed by atoms with Gasteiger partial charge < -0.3 is 10.4 Å². The molecule has 18 heavy (non-hydrogen) atoms. The summed E-state index contributed by atoms with van der Waals surface area (Å²) in [5.74, 6) is 0.839. The van der Waals surface area contributed by atoms with Crippen molar-refractivity contribution in [1.29, 1.82) is 0 Å². The van der Waals surface area contributed by atoms with Gasteiger partial charge in [-0.2, -0.15) is 0 Å². The zero-order chi connectivity index (χ0) is 12.4. The third kappa shape index (κ3) is 2.60. The molecule has 0 aliphatic heterocycles. The monoisotopic (exact) mass is 245 g/mol. The molecule has 3 rings (SSSR count). The number of nitrogens with one attached hydrogen (secondary N) is 1. The lowest BCUT2D eigenvalue weighted by Crippen LogP contribution is -2.45. The molecule has 2 aliphatic carbocycles. The van der Waals surface area contributed by atoms with Crippen LogP contribution in [0.4, 0.5) is 0 Å². The van der Waals surface area contributed by atoms with Crippen molar-refractivity contribution < 1.29 is 5.11 Å². The summed E-state index contributed by atoms with van der Waals surface area (Å²) in [6.07, 6.45) is 7.45. The van der Waals surface area contributed by atoms with Gasteiger partial charge in [0.25, 0.3) is 0 Å². The summed E-state index contributed by atoms with van der Waals surface area (Å²) in [4.78, 5) is 0. The average Bonchev–Trinajstić information content (AvgIpc) is 3.17. The summed E-state index contributed by atoms with van der Waals surface area (Å²) >= 11 is 0. The molecule has 0 atom stereocenters. The van der Waals surface area contributed by atoms with Gasteiger partial charge in [-0.3, -0.25) is 0 Å². The largest absolute Gasteiger partial charge is 0.394 e. The van der Waals surface area contributed by atoms with Gasteiger partial charge in [0.1, 0.15) is 0 Å². The highest BCUT2D eigenvalue weighted by Crippen LogP contribution is 2.39. The predicted octanol–water partition coefficient (Wildman–Crippen LogP) is 2.96. The minimum absolute atomic E-state index is 0.00480. The molecule has 0 unspecified atom stereocenters. The van der Waals surface area contributed by atoms with Crippen molar-refractivity contribution in [2.24, 2.45) is 0 Å². The summed E-state index contributed by atoms with van der Waals surface area (Å²) in [5.41, 5.74) is 2.82. The van der Waals surface area contributed by atoms with Crippen LogP contribution in [0.1, 0.15) is 55.6 Å². The van der Waals surface area contributed by atoms with Crippen LogP contribution in [0.2, 0.25) is 0 Å². The molecule has 2 aliphatic rings. The molecule has 0 heterocycles. The van der Waals surface area contributed by atoms with Gasteiger partial charge in [0.2, 0.25) is 0 Å². The van der Waals surface area contributed by atoms with E-state index in [1.54, 1.807) is 0 Å². The summed E-state index contributed by atoms with van der Waals surface area (Å²) < 4.78 is 0. The molecule has 0 saturated heterocycles. The Balaban J connectivity index is 1.58. The van der Waals surface area contributed by atoms with Crippen LogP contribution in [0.5, 0.6) is 0 Å². The van der Waals surface area contributed by atoms with Crippen LogP contribution in [0.25, 0.3) is 0 Å².